The predicted octanol–water partition coefficient (Wildman–Crippen LogP) is 6.81. The highest BCUT2D eigenvalue weighted by Crippen LogP contribution is 2.44. The zero-order valence-corrected chi connectivity index (χ0v) is 32.9. The summed E-state index contributed by atoms with van der Waals surface area (Å²) < 4.78 is 17.5. The van der Waals surface area contributed by atoms with Crippen LogP contribution in [-0.4, -0.2) is 82.0 Å². The summed E-state index contributed by atoms with van der Waals surface area (Å²) in [5.41, 5.74) is 8.05. The van der Waals surface area contributed by atoms with Crippen LogP contribution in [0.2, 0.25) is 0 Å². The van der Waals surface area contributed by atoms with Gasteiger partial charge in [0.2, 0.25) is 12.2 Å². The van der Waals surface area contributed by atoms with E-state index in [-0.39, 0.29) is 37.4 Å². The highest BCUT2D eigenvalue weighted by molar-refractivity contribution is 7.13. The van der Waals surface area contributed by atoms with Crippen LogP contribution in [0, 0.1) is 12.8 Å². The normalized spacial score (nSPS) is 23.4. The number of nitrogens with one attached hydrogen (secondary N) is 1. The molecule has 4 aromatic rings. The number of methoxy groups -OCH3 is 1. The number of urea groups is 1. The number of thiazole rings is 1. The summed E-state index contributed by atoms with van der Waals surface area (Å²) in [6, 6.07) is 11.2. The van der Waals surface area contributed by atoms with Crippen molar-refractivity contribution < 1.29 is 33.4 Å². The second kappa shape index (κ2) is 16.3. The van der Waals surface area contributed by atoms with Gasteiger partial charge in [-0.3, -0.25) is 9.59 Å². The van der Waals surface area contributed by atoms with Gasteiger partial charge in [0.1, 0.15) is 45.6 Å². The summed E-state index contributed by atoms with van der Waals surface area (Å²) in [6.45, 7) is 6.98. The maximum atomic E-state index is 14.7. The minimum Gasteiger partial charge on any atom is -0.496 e. The molecule has 2 aromatic carbocycles. The maximum absolute atomic E-state index is 14.7. The van der Waals surface area contributed by atoms with E-state index in [2.05, 4.69) is 31.5 Å². The van der Waals surface area contributed by atoms with Crippen LogP contribution in [0.1, 0.15) is 75.1 Å². The Morgan fingerprint density at radius 1 is 1.11 bits per heavy atom. The Labute approximate surface area is 330 Å². The number of hydrogen-bond donors (Lipinski definition) is 2. The number of nitrogens with two attached hydrogens (primary N) is 1. The maximum Gasteiger partial charge on any atom is 0.409 e. The summed E-state index contributed by atoms with van der Waals surface area (Å²) >= 11 is 1.51. The molecule has 2 aromatic heterocycles. The third-order valence-electron chi connectivity index (χ3n) is 10.8. The monoisotopic (exact) mass is 779 g/mol. The number of aryl methyl sites for hydroxylation is 1. The molecule has 1 saturated carbocycles. The number of carbonyl (C=O) groups is 3. The number of ether oxygens (including phenoxy) is 3. The summed E-state index contributed by atoms with van der Waals surface area (Å²) in [5.74, 6) is 1.22. The van der Waals surface area contributed by atoms with E-state index in [9.17, 15) is 19.2 Å². The van der Waals surface area contributed by atoms with Gasteiger partial charge in [-0.15, -0.1) is 11.3 Å². The standard InChI is InChI=1S/C42H47N6O7S/c1-25(2)33-23-56-39(45-33)32-19-36(31-15-16-35(53-4)26(3)37(31)44-32)54-30-18-34-38(50)46-42(24-49)20-28(42)10-8-6-5-7-9-17-47(41(52)48(34)22-30)21-27-11-13-29(14-12-27)55-40(43)51/h8,10-16,19,23,25,28,30,34H,5-7,9,17-18,20-22H2,1-4H3,(H2,43,51)(H,46,50)/b10-8+. The minimum absolute atomic E-state index is 0.128. The molecule has 1 aliphatic carbocycles. The number of carbonyl (C=O) groups excluding carboxylic acids is 4. The first-order valence-electron chi connectivity index (χ1n) is 19.1. The number of fused-ring (bicyclic) bond motifs is 3. The molecule has 56 heavy (non-hydrogen) atoms. The average molecular weight is 780 g/mol. The van der Waals surface area contributed by atoms with Crippen LogP contribution in [0.4, 0.5) is 9.59 Å². The minimum atomic E-state index is -1.12. The number of aromatic nitrogens is 2. The Morgan fingerprint density at radius 2 is 1.91 bits per heavy atom. The molecule has 13 nitrogen and oxygen atoms in total. The van der Waals surface area contributed by atoms with Gasteiger partial charge in [-0.1, -0.05) is 44.6 Å². The molecule has 0 bridgehead atoms. The van der Waals surface area contributed by atoms with Crippen molar-refractivity contribution in [3.63, 3.8) is 0 Å². The summed E-state index contributed by atoms with van der Waals surface area (Å²) in [4.78, 5) is 65.7. The summed E-state index contributed by atoms with van der Waals surface area (Å²) in [5, 5.41) is 6.53. The first-order chi connectivity index (χ1) is 27.0. The van der Waals surface area contributed by atoms with Crippen LogP contribution in [0.15, 0.2) is 60.0 Å². The largest absolute Gasteiger partial charge is 0.496 e. The number of primary amides is 1. The number of allylic oxidation sites excluding steroid dienone is 1. The SMILES string of the molecule is COc1ccc2c(OC3CC4C(=O)NC5([C]=O)CC5/C=C/CCCCCN(Cc5ccc(OC(N)=O)cc5)C(=O)N4C3)cc(-c3nc(C(C)C)cs3)nc2c1C. The molecule has 3 N–H and O–H groups in total. The zero-order valence-electron chi connectivity index (χ0n) is 32.1. The highest BCUT2D eigenvalue weighted by Gasteiger charge is 2.56. The average Bonchev–Trinajstić information content (AvgIpc) is 3.47. The van der Waals surface area contributed by atoms with E-state index in [1.807, 2.05) is 36.6 Å². The molecule has 4 unspecified atom stereocenters. The van der Waals surface area contributed by atoms with E-state index in [1.54, 1.807) is 41.2 Å². The lowest BCUT2D eigenvalue weighted by molar-refractivity contribution is -0.125. The Hall–Kier alpha value is -5.50. The number of benzene rings is 2. The molecule has 3 aliphatic rings. The van der Waals surface area contributed by atoms with Gasteiger partial charge in [-0.25, -0.2) is 19.6 Å². The van der Waals surface area contributed by atoms with Gasteiger partial charge in [0.25, 0.3) is 0 Å². The van der Waals surface area contributed by atoms with Crippen LogP contribution >= 0.6 is 11.3 Å². The van der Waals surface area contributed by atoms with Crippen LogP contribution in [0.5, 0.6) is 17.2 Å². The van der Waals surface area contributed by atoms with Crippen molar-refractivity contribution in [1.29, 1.82) is 0 Å². The number of amides is 4. The molecule has 14 heteroatoms. The number of hydrogen-bond acceptors (Lipinski definition) is 10. The van der Waals surface area contributed by atoms with Gasteiger partial charge in [-0.2, -0.15) is 0 Å². The first-order valence-corrected chi connectivity index (χ1v) is 20.0. The first kappa shape index (κ1) is 38.8. The molecule has 293 valence electrons. The number of pyridine rings is 1. The molecule has 1 saturated heterocycles. The Bertz CT molecular complexity index is 2150. The predicted molar refractivity (Wildman–Crippen MR) is 212 cm³/mol. The van der Waals surface area contributed by atoms with Crippen molar-refractivity contribution in [3.05, 3.63) is 76.8 Å². The fourth-order valence-electron chi connectivity index (χ4n) is 7.53. The van der Waals surface area contributed by atoms with Gasteiger partial charge in [0.05, 0.1) is 24.9 Å². The van der Waals surface area contributed by atoms with E-state index in [0.29, 0.717) is 41.4 Å². The second-order valence-electron chi connectivity index (χ2n) is 15.1. The van der Waals surface area contributed by atoms with Crippen LogP contribution in [0.25, 0.3) is 21.6 Å². The van der Waals surface area contributed by atoms with Crippen molar-refractivity contribution in [2.24, 2.45) is 11.7 Å². The van der Waals surface area contributed by atoms with E-state index < -0.39 is 29.7 Å². The molecule has 4 amide bonds. The van der Waals surface area contributed by atoms with Crippen molar-refractivity contribution in [1.82, 2.24) is 25.1 Å². The number of nitrogens with zero attached hydrogens (tertiary/aromatic N) is 4. The smallest absolute Gasteiger partial charge is 0.409 e. The van der Waals surface area contributed by atoms with E-state index in [4.69, 9.17) is 29.9 Å². The molecular formula is C42H47N6O7S. The van der Waals surface area contributed by atoms with E-state index in [0.717, 1.165) is 52.9 Å². The molecule has 0 spiro atoms. The van der Waals surface area contributed by atoms with E-state index >= 15 is 0 Å². The van der Waals surface area contributed by atoms with Gasteiger partial charge >= 0.3 is 12.1 Å². The fraction of sp³-hybridized carbons (Fsp3) is 0.429. The lowest BCUT2D eigenvalue weighted by Gasteiger charge is -2.32. The molecule has 2 fully saturated rings. The zero-order chi connectivity index (χ0) is 39.6. The third-order valence-corrected chi connectivity index (χ3v) is 11.7. The van der Waals surface area contributed by atoms with Crippen LogP contribution in [-0.2, 0) is 16.1 Å². The van der Waals surface area contributed by atoms with Crippen molar-refractivity contribution >= 4 is 46.6 Å². The lowest BCUT2D eigenvalue weighted by atomic mass is 10.1. The number of rotatable bonds is 9. The Kier molecular flexibility index (Phi) is 11.3. The molecule has 4 atom stereocenters. The van der Waals surface area contributed by atoms with Gasteiger partial charge in [0, 0.05) is 47.8 Å². The van der Waals surface area contributed by atoms with Crippen molar-refractivity contribution in [3.8, 4) is 28.0 Å². The molecule has 7 rings (SSSR count). The third kappa shape index (κ3) is 8.20. The van der Waals surface area contributed by atoms with Gasteiger partial charge in [0.15, 0.2) is 0 Å². The van der Waals surface area contributed by atoms with Crippen LogP contribution < -0.4 is 25.3 Å². The van der Waals surface area contributed by atoms with Crippen molar-refractivity contribution in [2.75, 3.05) is 20.2 Å². The van der Waals surface area contributed by atoms with Crippen molar-refractivity contribution in [2.45, 2.75) is 89.4 Å². The molecule has 2 aliphatic heterocycles. The molecular weight excluding hydrogens is 733 g/mol. The lowest BCUT2D eigenvalue weighted by Crippen LogP contribution is -2.53. The second-order valence-corrected chi connectivity index (χ2v) is 15.9. The topological polar surface area (TPSA) is 166 Å². The quantitative estimate of drug-likeness (QED) is 0.174. The van der Waals surface area contributed by atoms with E-state index in [1.165, 1.54) is 11.3 Å². The summed E-state index contributed by atoms with van der Waals surface area (Å²) in [6.07, 6.45) is 8.75. The molecule has 4 heterocycles. The van der Waals surface area contributed by atoms with Crippen LogP contribution in [0.3, 0.4) is 0 Å². The van der Waals surface area contributed by atoms with Gasteiger partial charge < -0.3 is 35.1 Å². The Balaban J connectivity index is 1.23. The fourth-order valence-corrected chi connectivity index (χ4v) is 8.47. The van der Waals surface area contributed by atoms with Gasteiger partial charge in [-0.05, 0) is 68.4 Å². The Morgan fingerprint density at radius 3 is 2.62 bits per heavy atom. The highest BCUT2D eigenvalue weighted by atomic mass is 32.1. The summed E-state index contributed by atoms with van der Waals surface area (Å²) in [7, 11) is 1.62. The molecule has 1 radical (unpaired) electrons.